The van der Waals surface area contributed by atoms with Crippen molar-refractivity contribution in [1.82, 2.24) is 15.2 Å². The summed E-state index contributed by atoms with van der Waals surface area (Å²) < 4.78 is 0. The number of amides is 1. The number of nitrogens with one attached hydrogen (secondary N) is 3. The van der Waals surface area contributed by atoms with Crippen LogP contribution in [0, 0.1) is 0 Å². The van der Waals surface area contributed by atoms with Crippen molar-refractivity contribution >= 4 is 22.5 Å². The molecule has 2 bridgehead atoms. The number of fused-ring (bicyclic) bond motifs is 8. The van der Waals surface area contributed by atoms with Crippen LogP contribution in [0.3, 0.4) is 0 Å². The third-order valence-corrected chi connectivity index (χ3v) is 6.47. The maximum Gasteiger partial charge on any atom is 0.240 e. The van der Waals surface area contributed by atoms with Crippen LogP contribution in [0.25, 0.3) is 10.9 Å². The van der Waals surface area contributed by atoms with Crippen LogP contribution < -0.4 is 10.6 Å². The fourth-order valence-electron chi connectivity index (χ4n) is 5.37. The van der Waals surface area contributed by atoms with E-state index in [4.69, 9.17) is 0 Å². The molecule has 3 N–H and O–H groups in total. The zero-order valence-corrected chi connectivity index (χ0v) is 15.0. The van der Waals surface area contributed by atoms with E-state index in [9.17, 15) is 4.79 Å². The number of carbonyl (C=O) groups excluding carboxylic acids is 1. The predicted octanol–water partition coefficient (Wildman–Crippen LogP) is 2.95. The molecule has 0 radical (unpaired) electrons. The van der Waals surface area contributed by atoms with Crippen LogP contribution >= 0.6 is 0 Å². The molecular formula is C22H22N4O. The number of hydrogen-bond acceptors (Lipinski definition) is 3. The highest BCUT2D eigenvalue weighted by Crippen LogP contribution is 2.45. The molecule has 3 aliphatic rings. The van der Waals surface area contributed by atoms with Crippen molar-refractivity contribution in [1.29, 1.82) is 0 Å². The van der Waals surface area contributed by atoms with E-state index in [2.05, 4.69) is 56.9 Å². The molecule has 136 valence electrons. The van der Waals surface area contributed by atoms with Crippen molar-refractivity contribution in [2.45, 2.75) is 37.0 Å². The number of anilines is 1. The Balaban J connectivity index is 1.61. The highest BCUT2D eigenvalue weighted by Gasteiger charge is 2.58. The van der Waals surface area contributed by atoms with Crippen molar-refractivity contribution in [2.75, 3.05) is 11.9 Å². The molecule has 3 atom stereocenters. The molecule has 0 aliphatic carbocycles. The third-order valence-electron chi connectivity index (χ3n) is 6.47. The van der Waals surface area contributed by atoms with Gasteiger partial charge in [-0.25, -0.2) is 0 Å². The molecule has 27 heavy (non-hydrogen) atoms. The van der Waals surface area contributed by atoms with Gasteiger partial charge in [-0.1, -0.05) is 36.4 Å². The van der Waals surface area contributed by atoms with E-state index < -0.39 is 5.66 Å². The molecule has 1 amide bonds. The highest BCUT2D eigenvalue weighted by atomic mass is 16.2. The summed E-state index contributed by atoms with van der Waals surface area (Å²) >= 11 is 0. The van der Waals surface area contributed by atoms with Gasteiger partial charge in [0.15, 0.2) is 5.66 Å². The zero-order valence-electron chi connectivity index (χ0n) is 15.0. The number of para-hydroxylation sites is 2. The minimum atomic E-state index is -0.483. The number of rotatable bonds is 2. The zero-order chi connectivity index (χ0) is 18.0. The average Bonchev–Trinajstić information content (AvgIpc) is 3.33. The van der Waals surface area contributed by atoms with Crippen molar-refractivity contribution in [3.8, 4) is 0 Å². The van der Waals surface area contributed by atoms with Crippen molar-refractivity contribution in [3.63, 3.8) is 0 Å². The minimum absolute atomic E-state index is 0.105. The molecule has 5 nitrogen and oxygen atoms in total. The first-order valence-corrected chi connectivity index (χ1v) is 9.78. The second kappa shape index (κ2) is 5.36. The second-order valence-corrected chi connectivity index (χ2v) is 7.91. The summed E-state index contributed by atoms with van der Waals surface area (Å²) in [7, 11) is 0. The molecule has 0 unspecified atom stereocenters. The van der Waals surface area contributed by atoms with E-state index in [-0.39, 0.29) is 18.0 Å². The fourth-order valence-corrected chi connectivity index (χ4v) is 5.37. The number of hydrogen-bond donors (Lipinski definition) is 3. The lowest BCUT2D eigenvalue weighted by molar-refractivity contribution is -0.142. The first-order valence-electron chi connectivity index (χ1n) is 9.78. The molecule has 2 fully saturated rings. The number of aromatic amines is 1. The Kier molecular flexibility index (Phi) is 3.04. The van der Waals surface area contributed by atoms with Gasteiger partial charge in [-0.05, 0) is 43.0 Å². The highest BCUT2D eigenvalue weighted by molar-refractivity contribution is 5.91. The van der Waals surface area contributed by atoms with Gasteiger partial charge in [-0.15, -0.1) is 0 Å². The molecule has 2 saturated heterocycles. The second-order valence-electron chi connectivity index (χ2n) is 7.91. The number of carbonyl (C=O) groups is 1. The van der Waals surface area contributed by atoms with Crippen LogP contribution in [0.5, 0.6) is 0 Å². The van der Waals surface area contributed by atoms with Crippen LogP contribution in [-0.4, -0.2) is 34.4 Å². The average molecular weight is 358 g/mol. The fraction of sp³-hybridized carbons (Fsp3) is 0.318. The lowest BCUT2D eigenvalue weighted by Gasteiger charge is -2.53. The van der Waals surface area contributed by atoms with Gasteiger partial charge in [0.25, 0.3) is 0 Å². The van der Waals surface area contributed by atoms with Crippen LogP contribution in [-0.2, 0) is 16.9 Å². The van der Waals surface area contributed by atoms with E-state index in [0.29, 0.717) is 0 Å². The summed E-state index contributed by atoms with van der Waals surface area (Å²) in [5, 5.41) is 8.75. The summed E-state index contributed by atoms with van der Waals surface area (Å²) in [4.78, 5) is 18.9. The topological polar surface area (TPSA) is 60.2 Å². The van der Waals surface area contributed by atoms with Gasteiger partial charge in [0, 0.05) is 23.1 Å². The van der Waals surface area contributed by atoms with Gasteiger partial charge in [0.2, 0.25) is 5.91 Å². The Morgan fingerprint density at radius 1 is 1.07 bits per heavy atom. The van der Waals surface area contributed by atoms with Crippen LogP contribution in [0.15, 0.2) is 54.6 Å². The molecule has 1 aromatic heterocycles. The molecule has 6 rings (SSSR count). The summed E-state index contributed by atoms with van der Waals surface area (Å²) in [6.45, 7) is 0.857. The Morgan fingerprint density at radius 3 is 2.78 bits per heavy atom. The quantitative estimate of drug-likeness (QED) is 0.660. The smallest absolute Gasteiger partial charge is 0.240 e. The molecule has 5 heteroatoms. The Morgan fingerprint density at radius 2 is 1.89 bits per heavy atom. The minimum Gasteiger partial charge on any atom is -0.361 e. The number of benzene rings is 2. The van der Waals surface area contributed by atoms with Gasteiger partial charge in [-0.2, -0.15) is 0 Å². The Hall–Kier alpha value is -2.79. The molecule has 0 saturated carbocycles. The van der Waals surface area contributed by atoms with Gasteiger partial charge in [0.05, 0.1) is 17.8 Å². The van der Waals surface area contributed by atoms with Crippen molar-refractivity contribution in [3.05, 3.63) is 65.9 Å². The van der Waals surface area contributed by atoms with Gasteiger partial charge in [0.1, 0.15) is 0 Å². The first-order chi connectivity index (χ1) is 13.3. The lowest BCUT2D eigenvalue weighted by Crippen LogP contribution is -2.74. The number of aromatic nitrogens is 1. The molecule has 3 aliphatic heterocycles. The molecule has 0 spiro atoms. The van der Waals surface area contributed by atoms with Crippen LogP contribution in [0.4, 0.5) is 5.69 Å². The Bertz CT molecular complexity index is 1040. The van der Waals surface area contributed by atoms with E-state index in [1.54, 1.807) is 0 Å². The normalized spacial score (nSPS) is 28.9. The van der Waals surface area contributed by atoms with E-state index in [1.807, 2.05) is 18.2 Å². The first kappa shape index (κ1) is 15.3. The molecular weight excluding hydrogens is 336 g/mol. The monoisotopic (exact) mass is 358 g/mol. The number of piperazine rings is 1. The standard InChI is InChI=1S/C22H22N4O/c27-21-18-13-16-15-9-4-5-10-17(15)23-20(16)22(25-18,19-11-6-12-26(19)21)24-14-7-2-1-3-8-14/h1-5,7-10,18-19,23-25H,6,11-13H2/t18-,19+,22-/m1/s1. The summed E-state index contributed by atoms with van der Waals surface area (Å²) in [6.07, 6.45) is 2.79. The molecule has 4 heterocycles. The summed E-state index contributed by atoms with van der Waals surface area (Å²) in [5.41, 5.74) is 4.19. The molecule has 2 aromatic carbocycles. The predicted molar refractivity (Wildman–Crippen MR) is 105 cm³/mol. The van der Waals surface area contributed by atoms with Crippen LogP contribution in [0.1, 0.15) is 24.1 Å². The number of H-pyrrole nitrogens is 1. The van der Waals surface area contributed by atoms with E-state index >= 15 is 0 Å². The maximum atomic E-state index is 13.1. The SMILES string of the molecule is O=C1[C@H]2Cc3c([nH]c4ccccc34)[C@](Nc3ccccc3)(N2)[C@@H]2CCCN12. The summed E-state index contributed by atoms with van der Waals surface area (Å²) in [5.74, 6) is 0.249. The molecule has 3 aromatic rings. The van der Waals surface area contributed by atoms with Gasteiger partial charge in [-0.3, -0.25) is 10.1 Å². The Labute approximate surface area is 157 Å². The van der Waals surface area contributed by atoms with Crippen LogP contribution in [0.2, 0.25) is 0 Å². The lowest BCUT2D eigenvalue weighted by atomic mass is 9.80. The number of nitrogens with zero attached hydrogens (tertiary/aromatic N) is 1. The van der Waals surface area contributed by atoms with E-state index in [1.165, 1.54) is 16.6 Å². The maximum absolute atomic E-state index is 13.1. The largest absolute Gasteiger partial charge is 0.361 e. The summed E-state index contributed by atoms with van der Waals surface area (Å²) in [6, 6.07) is 18.7. The van der Waals surface area contributed by atoms with Gasteiger partial charge < -0.3 is 15.2 Å². The van der Waals surface area contributed by atoms with E-state index in [0.717, 1.165) is 37.0 Å². The van der Waals surface area contributed by atoms with Crippen molar-refractivity contribution < 1.29 is 4.79 Å². The van der Waals surface area contributed by atoms with Gasteiger partial charge >= 0.3 is 0 Å². The van der Waals surface area contributed by atoms with Crippen molar-refractivity contribution in [2.24, 2.45) is 0 Å². The third kappa shape index (κ3) is 2.00.